The zero-order chi connectivity index (χ0) is 29.8. The Labute approximate surface area is 249 Å². The molecule has 4 atom stereocenters. The van der Waals surface area contributed by atoms with Crippen LogP contribution in [0.25, 0.3) is 6.08 Å². The molecule has 224 valence electrons. The van der Waals surface area contributed by atoms with Crippen molar-refractivity contribution < 1.29 is 24.9 Å². The molecule has 0 radical (unpaired) electrons. The van der Waals surface area contributed by atoms with Gasteiger partial charge in [-0.3, -0.25) is 19.4 Å². The Hall–Kier alpha value is -3.26. The molecule has 1 aliphatic carbocycles. The van der Waals surface area contributed by atoms with Gasteiger partial charge in [-0.1, -0.05) is 72.7 Å². The number of aliphatic hydroxyl groups is 2. The number of para-hydroxylation sites is 1. The standard InChI is InChI=1S/C35H44N2O5/c1-3-24(20-26-11-7-8-12-30(26)39)13-14-31(40)32-23(2)19-28-33(29(32)22-38)35(42)37(34(28)41)27-15-17-36(18-16-27)21-25-9-5-4-6-10-25/h4-12,20,27-29,31,33,38-40H,3,13-19,21-22H2,1-2H3/b24-20+/t28-,29+,31-,33-/m1/s1. The van der Waals surface area contributed by atoms with Gasteiger partial charge in [-0.05, 0) is 62.7 Å². The quantitative estimate of drug-likeness (QED) is 0.276. The number of nitrogens with zero attached hydrogens (tertiary/aromatic N) is 2. The van der Waals surface area contributed by atoms with Crippen LogP contribution >= 0.6 is 0 Å². The summed E-state index contributed by atoms with van der Waals surface area (Å²) in [4.78, 5) is 31.4. The van der Waals surface area contributed by atoms with E-state index in [1.807, 2.05) is 50.3 Å². The first-order chi connectivity index (χ1) is 20.3. The van der Waals surface area contributed by atoms with Gasteiger partial charge in [-0.15, -0.1) is 0 Å². The fourth-order valence-electron chi connectivity index (χ4n) is 7.34. The molecule has 2 amide bonds. The van der Waals surface area contributed by atoms with Crippen molar-refractivity contribution in [3.05, 3.63) is 82.4 Å². The molecule has 7 heteroatoms. The molecule has 3 N–H and O–H groups in total. The van der Waals surface area contributed by atoms with Crippen LogP contribution in [0.1, 0.15) is 63.5 Å². The average Bonchev–Trinajstić information content (AvgIpc) is 3.24. The predicted molar refractivity (Wildman–Crippen MR) is 163 cm³/mol. The van der Waals surface area contributed by atoms with E-state index in [0.717, 1.165) is 61.2 Å². The lowest BCUT2D eigenvalue weighted by atomic mass is 9.68. The average molecular weight is 573 g/mol. The third-order valence-corrected chi connectivity index (χ3v) is 9.58. The minimum absolute atomic E-state index is 0.114. The lowest BCUT2D eigenvalue weighted by Gasteiger charge is -2.36. The van der Waals surface area contributed by atoms with Gasteiger partial charge >= 0.3 is 0 Å². The largest absolute Gasteiger partial charge is 0.507 e. The summed E-state index contributed by atoms with van der Waals surface area (Å²) in [5.41, 5.74) is 4.73. The van der Waals surface area contributed by atoms with E-state index in [1.54, 1.807) is 12.1 Å². The van der Waals surface area contributed by atoms with E-state index in [1.165, 1.54) is 10.5 Å². The number of hydrogen-bond donors (Lipinski definition) is 3. The van der Waals surface area contributed by atoms with Crippen molar-refractivity contribution in [3.8, 4) is 5.75 Å². The SMILES string of the molecule is CC/C(=C\c1ccccc1O)CC[C@@H](O)C1=C(C)C[C@H]2C(=O)N(C3CCN(Cc4ccccc4)CC3)C(=O)[C@H]2[C@H]1CO. The van der Waals surface area contributed by atoms with Crippen molar-refractivity contribution in [2.75, 3.05) is 19.7 Å². The number of phenols is 1. The zero-order valence-electron chi connectivity index (χ0n) is 24.8. The molecular weight excluding hydrogens is 528 g/mol. The number of imide groups is 1. The van der Waals surface area contributed by atoms with Crippen LogP contribution in [0.4, 0.5) is 0 Å². The molecule has 2 aromatic carbocycles. The number of amides is 2. The second kappa shape index (κ2) is 13.4. The molecule has 3 aliphatic rings. The first-order valence-corrected chi connectivity index (χ1v) is 15.4. The van der Waals surface area contributed by atoms with Crippen molar-refractivity contribution >= 4 is 17.9 Å². The van der Waals surface area contributed by atoms with Gasteiger partial charge in [0.25, 0.3) is 0 Å². The predicted octanol–water partition coefficient (Wildman–Crippen LogP) is 4.92. The number of benzene rings is 2. The van der Waals surface area contributed by atoms with Crippen LogP contribution in [0, 0.1) is 17.8 Å². The van der Waals surface area contributed by atoms with E-state index in [2.05, 4.69) is 17.0 Å². The first-order valence-electron chi connectivity index (χ1n) is 15.4. The summed E-state index contributed by atoms with van der Waals surface area (Å²) in [6, 6.07) is 17.4. The van der Waals surface area contributed by atoms with Crippen molar-refractivity contribution in [2.24, 2.45) is 17.8 Å². The first kappa shape index (κ1) is 30.2. The highest BCUT2D eigenvalue weighted by atomic mass is 16.3. The minimum atomic E-state index is -0.819. The number of carbonyl (C=O) groups is 2. The number of piperidine rings is 1. The molecule has 2 heterocycles. The molecule has 0 unspecified atom stereocenters. The number of aliphatic hydroxyl groups excluding tert-OH is 2. The normalized spacial score (nSPS) is 24.8. The van der Waals surface area contributed by atoms with Crippen LogP contribution in [-0.4, -0.2) is 68.8 Å². The number of hydrogen-bond acceptors (Lipinski definition) is 6. The maximum absolute atomic E-state index is 13.9. The van der Waals surface area contributed by atoms with Crippen LogP contribution in [0.2, 0.25) is 0 Å². The van der Waals surface area contributed by atoms with Crippen LogP contribution in [-0.2, 0) is 16.1 Å². The van der Waals surface area contributed by atoms with Gasteiger partial charge in [0.15, 0.2) is 0 Å². The second-order valence-corrected chi connectivity index (χ2v) is 12.2. The lowest BCUT2D eigenvalue weighted by Crippen LogP contribution is -2.47. The van der Waals surface area contributed by atoms with Gasteiger partial charge in [0, 0.05) is 37.2 Å². The summed E-state index contributed by atoms with van der Waals surface area (Å²) in [5, 5.41) is 32.1. The molecule has 0 bridgehead atoms. The van der Waals surface area contributed by atoms with E-state index < -0.39 is 23.9 Å². The van der Waals surface area contributed by atoms with Gasteiger partial charge in [-0.25, -0.2) is 0 Å². The number of likely N-dealkylation sites (tertiary alicyclic amines) is 2. The summed E-state index contributed by atoms with van der Waals surface area (Å²) in [6.07, 6.45) is 4.92. The molecule has 5 rings (SSSR count). The van der Waals surface area contributed by atoms with Crippen molar-refractivity contribution in [1.29, 1.82) is 0 Å². The highest BCUT2D eigenvalue weighted by molar-refractivity contribution is 6.06. The third kappa shape index (κ3) is 6.24. The van der Waals surface area contributed by atoms with Crippen molar-refractivity contribution in [1.82, 2.24) is 9.80 Å². The Kier molecular flexibility index (Phi) is 9.61. The van der Waals surface area contributed by atoms with Gasteiger partial charge in [0.05, 0.1) is 24.5 Å². The number of allylic oxidation sites excluding steroid dienone is 2. The monoisotopic (exact) mass is 572 g/mol. The number of fused-ring (bicyclic) bond motifs is 1. The van der Waals surface area contributed by atoms with Gasteiger partial charge in [0.2, 0.25) is 11.8 Å². The lowest BCUT2D eigenvalue weighted by molar-refractivity contribution is -0.144. The summed E-state index contributed by atoms with van der Waals surface area (Å²) >= 11 is 0. The van der Waals surface area contributed by atoms with Gasteiger partial charge in [0.1, 0.15) is 5.75 Å². The number of carbonyl (C=O) groups excluding carboxylic acids is 2. The van der Waals surface area contributed by atoms with E-state index in [4.69, 9.17) is 0 Å². The van der Waals surface area contributed by atoms with E-state index in [9.17, 15) is 24.9 Å². The second-order valence-electron chi connectivity index (χ2n) is 12.2. The Morgan fingerprint density at radius 2 is 1.71 bits per heavy atom. The molecule has 2 aliphatic heterocycles. The van der Waals surface area contributed by atoms with Crippen LogP contribution in [0.5, 0.6) is 5.75 Å². The maximum Gasteiger partial charge on any atom is 0.234 e. The summed E-state index contributed by atoms with van der Waals surface area (Å²) < 4.78 is 0. The Balaban J connectivity index is 1.25. The van der Waals surface area contributed by atoms with E-state index in [-0.39, 0.29) is 30.2 Å². The fourth-order valence-corrected chi connectivity index (χ4v) is 7.34. The molecule has 0 aromatic heterocycles. The molecular formula is C35H44N2O5. The third-order valence-electron chi connectivity index (χ3n) is 9.58. The Bertz CT molecular complexity index is 1330. The summed E-state index contributed by atoms with van der Waals surface area (Å²) in [6.45, 7) is 6.21. The van der Waals surface area contributed by atoms with Gasteiger partial charge < -0.3 is 15.3 Å². The van der Waals surface area contributed by atoms with Crippen LogP contribution < -0.4 is 0 Å². The highest BCUT2D eigenvalue weighted by Crippen LogP contribution is 2.47. The number of rotatable bonds is 10. The van der Waals surface area contributed by atoms with Crippen LogP contribution in [0.3, 0.4) is 0 Å². The molecule has 2 fully saturated rings. The minimum Gasteiger partial charge on any atom is -0.507 e. The molecule has 42 heavy (non-hydrogen) atoms. The topological polar surface area (TPSA) is 101 Å². The Morgan fingerprint density at radius 3 is 2.38 bits per heavy atom. The zero-order valence-corrected chi connectivity index (χ0v) is 24.8. The van der Waals surface area contributed by atoms with E-state index >= 15 is 0 Å². The van der Waals surface area contributed by atoms with Crippen molar-refractivity contribution in [3.63, 3.8) is 0 Å². The smallest absolute Gasteiger partial charge is 0.234 e. The number of phenolic OH excluding ortho intramolecular Hbond substituents is 1. The van der Waals surface area contributed by atoms with E-state index in [0.29, 0.717) is 19.3 Å². The maximum atomic E-state index is 13.9. The molecule has 2 saturated heterocycles. The van der Waals surface area contributed by atoms with Crippen LogP contribution in [0.15, 0.2) is 71.3 Å². The summed E-state index contributed by atoms with van der Waals surface area (Å²) in [7, 11) is 0. The van der Waals surface area contributed by atoms with Crippen molar-refractivity contribution in [2.45, 2.75) is 71.1 Å². The fraction of sp³-hybridized carbons (Fsp3) is 0.486. The molecule has 2 aromatic rings. The molecule has 0 saturated carbocycles. The number of aromatic hydroxyl groups is 1. The van der Waals surface area contributed by atoms with Gasteiger partial charge in [-0.2, -0.15) is 0 Å². The molecule has 7 nitrogen and oxygen atoms in total. The molecule has 0 spiro atoms. The highest BCUT2D eigenvalue weighted by Gasteiger charge is 2.56. The Morgan fingerprint density at radius 1 is 1.02 bits per heavy atom. The summed E-state index contributed by atoms with van der Waals surface area (Å²) in [5.74, 6) is -1.74.